The predicted molar refractivity (Wildman–Crippen MR) is 95.8 cm³/mol. The first-order chi connectivity index (χ1) is 12.1. The molecule has 3 heterocycles. The second-order valence-electron chi connectivity index (χ2n) is 7.10. The fraction of sp³-hybridized carbons (Fsp3) is 0.368. The van der Waals surface area contributed by atoms with Gasteiger partial charge in [-0.15, -0.1) is 0 Å². The number of ether oxygens (including phenoxy) is 1. The minimum atomic E-state index is -3.43. The van der Waals surface area contributed by atoms with Crippen LogP contribution in [0.1, 0.15) is 29.0 Å². The van der Waals surface area contributed by atoms with E-state index in [1.807, 2.05) is 24.3 Å². The number of rotatable bonds is 1. The van der Waals surface area contributed by atoms with E-state index in [0.717, 1.165) is 36.3 Å². The summed E-state index contributed by atoms with van der Waals surface area (Å²) in [4.78, 5) is 1.99. The highest BCUT2D eigenvalue weighted by Gasteiger charge is 2.41. The molecule has 1 N–H and O–H groups in total. The lowest BCUT2D eigenvalue weighted by atomic mass is 9.93. The summed E-state index contributed by atoms with van der Waals surface area (Å²) in [7, 11) is -3.43. The second-order valence-corrected chi connectivity index (χ2v) is 10.7. The Bertz CT molecular complexity index is 943. The third kappa shape index (κ3) is 2.77. The van der Waals surface area contributed by atoms with E-state index < -0.39 is 9.84 Å². The molecular formula is C19H19AlNO3S. The molecule has 0 bridgehead atoms. The zero-order valence-corrected chi connectivity index (χ0v) is 15.8. The molecule has 4 nitrogen and oxygen atoms in total. The summed E-state index contributed by atoms with van der Waals surface area (Å²) in [6.45, 7) is 1.68. The standard InChI is InChI=1S/C19H19NO3S.Al/c21-24(22)18-4-2-1-3-15(18)11-16-6-5-14(12-19(16)24)17-7-9-23-10-8-20-13-17;/h1-6,8,10,12,17,20H,7,9,11,13H2;. The van der Waals surface area contributed by atoms with E-state index in [4.69, 9.17) is 4.74 Å². The average Bonchev–Trinajstić information content (AvgIpc) is 3.32. The lowest BCUT2D eigenvalue weighted by Crippen LogP contribution is -2.30. The normalized spacial score (nSPS) is 29.2. The average molecular weight is 368 g/mol. The first kappa shape index (κ1) is 16.0. The maximum atomic E-state index is 13.1. The Balaban J connectivity index is 1.51. The third-order valence-electron chi connectivity index (χ3n) is 5.48. The van der Waals surface area contributed by atoms with Gasteiger partial charge in [0.25, 0.3) is 15.2 Å². The largest absolute Gasteiger partial charge is 0.394 e. The second kappa shape index (κ2) is 5.94. The van der Waals surface area contributed by atoms with E-state index in [1.54, 1.807) is 12.1 Å². The van der Waals surface area contributed by atoms with Crippen molar-refractivity contribution in [3.63, 3.8) is 0 Å². The molecule has 1 radical (unpaired) electrons. The van der Waals surface area contributed by atoms with E-state index >= 15 is 0 Å². The molecule has 3 atom stereocenters. The van der Waals surface area contributed by atoms with E-state index in [0.29, 0.717) is 47.2 Å². The summed E-state index contributed by atoms with van der Waals surface area (Å²) in [5.41, 5.74) is 2.91. The van der Waals surface area contributed by atoms with Crippen LogP contribution in [0.4, 0.5) is 0 Å². The van der Waals surface area contributed by atoms with Crippen LogP contribution < -0.4 is 5.32 Å². The Labute approximate surface area is 154 Å². The van der Waals surface area contributed by atoms with Gasteiger partial charge in [0.15, 0.2) is 0 Å². The van der Waals surface area contributed by atoms with Crippen molar-refractivity contribution in [2.45, 2.75) is 38.4 Å². The van der Waals surface area contributed by atoms with E-state index in [1.165, 1.54) is 0 Å². The van der Waals surface area contributed by atoms with E-state index in [9.17, 15) is 8.42 Å². The highest BCUT2D eigenvalue weighted by molar-refractivity contribution is 7.91. The van der Waals surface area contributed by atoms with Crippen LogP contribution in [-0.2, 0) is 21.0 Å². The van der Waals surface area contributed by atoms with Gasteiger partial charge < -0.3 is 10.1 Å². The quantitative estimate of drug-likeness (QED) is 0.667. The van der Waals surface area contributed by atoms with Crippen molar-refractivity contribution >= 4 is 25.1 Å². The van der Waals surface area contributed by atoms with Crippen LogP contribution in [0, 0.1) is 0 Å². The zero-order valence-electron chi connectivity index (χ0n) is 13.8. The minimum absolute atomic E-state index is 0.304. The number of hydrogen-bond acceptors (Lipinski definition) is 4. The summed E-state index contributed by atoms with van der Waals surface area (Å²) in [6, 6.07) is 13.4. The van der Waals surface area contributed by atoms with Gasteiger partial charge in [0.1, 0.15) is 0 Å². The van der Waals surface area contributed by atoms with E-state index in [2.05, 4.69) is 11.4 Å². The first-order valence-electron chi connectivity index (χ1n) is 8.79. The van der Waals surface area contributed by atoms with Gasteiger partial charge in [-0.05, 0) is 51.0 Å². The summed E-state index contributed by atoms with van der Waals surface area (Å²) in [5, 5.41) is 3.59. The van der Waals surface area contributed by atoms with Crippen molar-refractivity contribution in [2.24, 2.45) is 0 Å². The summed E-state index contributed by atoms with van der Waals surface area (Å²) < 4.78 is 32.0. The molecule has 2 fully saturated rings. The first-order valence-corrected chi connectivity index (χ1v) is 11.6. The number of sulfone groups is 1. The van der Waals surface area contributed by atoms with Gasteiger partial charge in [-0.2, -0.15) is 0 Å². The fourth-order valence-electron chi connectivity index (χ4n) is 3.95. The van der Waals surface area contributed by atoms with Crippen molar-refractivity contribution < 1.29 is 13.2 Å². The monoisotopic (exact) mass is 368 g/mol. The molecule has 0 spiro atoms. The molecule has 0 aromatic heterocycles. The Morgan fingerprint density at radius 2 is 1.92 bits per heavy atom. The molecule has 6 heteroatoms. The Morgan fingerprint density at radius 1 is 1.08 bits per heavy atom. The lowest BCUT2D eigenvalue weighted by molar-refractivity contribution is 0.108. The van der Waals surface area contributed by atoms with Crippen LogP contribution in [-0.4, -0.2) is 46.7 Å². The van der Waals surface area contributed by atoms with Gasteiger partial charge in [0, 0.05) is 19.6 Å². The Kier molecular flexibility index (Phi) is 3.81. The van der Waals surface area contributed by atoms with Gasteiger partial charge in [-0.3, -0.25) is 0 Å². The molecule has 127 valence electrons. The summed E-state index contributed by atoms with van der Waals surface area (Å²) >= 11 is 0.390. The van der Waals surface area contributed by atoms with Crippen molar-refractivity contribution in [3.8, 4) is 0 Å². The van der Waals surface area contributed by atoms with Crippen LogP contribution in [0.15, 0.2) is 52.3 Å². The summed E-state index contributed by atoms with van der Waals surface area (Å²) in [6.07, 6.45) is 1.62. The van der Waals surface area contributed by atoms with Crippen molar-refractivity contribution in [2.75, 3.05) is 13.2 Å². The van der Waals surface area contributed by atoms with Gasteiger partial charge in [0.05, 0.1) is 9.79 Å². The topological polar surface area (TPSA) is 55.4 Å². The molecule has 2 saturated heterocycles. The van der Waals surface area contributed by atoms with Crippen LogP contribution in [0.2, 0.25) is 0 Å². The van der Waals surface area contributed by atoms with Gasteiger partial charge in [-0.25, -0.2) is 8.42 Å². The number of nitrogens with one attached hydrogen (secondary N) is 1. The van der Waals surface area contributed by atoms with Crippen LogP contribution in [0.3, 0.4) is 0 Å². The predicted octanol–water partition coefficient (Wildman–Crippen LogP) is 1.89. The molecule has 0 aliphatic carbocycles. The molecule has 25 heavy (non-hydrogen) atoms. The Hall–Kier alpha value is -1.16. The fourth-order valence-corrected chi connectivity index (χ4v) is 6.76. The molecule has 3 aliphatic rings. The van der Waals surface area contributed by atoms with Crippen molar-refractivity contribution in [1.82, 2.24) is 5.32 Å². The van der Waals surface area contributed by atoms with Gasteiger partial charge in [-0.1, -0.05) is 30.3 Å². The molecular weight excluding hydrogens is 349 g/mol. The van der Waals surface area contributed by atoms with Crippen LogP contribution >= 0.6 is 0 Å². The van der Waals surface area contributed by atoms with Crippen molar-refractivity contribution in [3.05, 3.63) is 59.2 Å². The SMILES string of the molecule is O=S1(=O)c2ccccc2Cc2ccc(C3CCO[CH]4[Al][CH]4NC3)cc21. The molecule has 2 aromatic carbocycles. The lowest BCUT2D eigenvalue weighted by Gasteiger charge is -2.25. The maximum Gasteiger partial charge on any atom is 0.279 e. The molecule has 3 aliphatic heterocycles. The number of benzene rings is 2. The number of fused-ring (bicyclic) bond motifs is 3. The molecule has 5 rings (SSSR count). The Morgan fingerprint density at radius 3 is 2.84 bits per heavy atom. The molecule has 0 amide bonds. The highest BCUT2D eigenvalue weighted by atomic mass is 32.2. The third-order valence-corrected chi connectivity index (χ3v) is 8.93. The zero-order chi connectivity index (χ0) is 17.0. The summed E-state index contributed by atoms with van der Waals surface area (Å²) in [5.74, 6) is 0.304. The molecule has 3 unspecified atom stereocenters. The minimum Gasteiger partial charge on any atom is -0.394 e. The van der Waals surface area contributed by atoms with Crippen molar-refractivity contribution in [1.29, 1.82) is 0 Å². The molecule has 2 aromatic rings. The van der Waals surface area contributed by atoms with Crippen LogP contribution in [0.5, 0.6) is 0 Å². The molecule has 0 saturated carbocycles. The smallest absolute Gasteiger partial charge is 0.279 e. The van der Waals surface area contributed by atoms with Crippen LogP contribution in [0.25, 0.3) is 0 Å². The van der Waals surface area contributed by atoms with E-state index in [-0.39, 0.29) is 0 Å². The maximum absolute atomic E-state index is 13.1. The van der Waals surface area contributed by atoms with Gasteiger partial charge >= 0.3 is 0 Å². The highest BCUT2D eigenvalue weighted by Crippen LogP contribution is 2.36. The van der Waals surface area contributed by atoms with Gasteiger partial charge in [0.2, 0.25) is 9.84 Å². The number of hydrogen-bond donors (Lipinski definition) is 1.